The first kappa shape index (κ1) is 10.2. The lowest BCUT2D eigenvalue weighted by atomic mass is 10.1. The van der Waals surface area contributed by atoms with Crippen LogP contribution in [0.3, 0.4) is 0 Å². The molecule has 2 rings (SSSR count). The average molecular weight is 271 g/mol. The maximum absolute atomic E-state index is 12.9. The van der Waals surface area contributed by atoms with E-state index in [4.69, 9.17) is 0 Å². The Morgan fingerprint density at radius 1 is 1.07 bits per heavy atom. The standard InChI is InChI=1S/C10H5BrF2N2/c11-10-14-4-3-9(15-10)6-1-2-7(12)8(13)5-6/h1-5H. The van der Waals surface area contributed by atoms with Crippen LogP contribution < -0.4 is 0 Å². The van der Waals surface area contributed by atoms with Crippen LogP contribution in [-0.4, -0.2) is 9.97 Å². The summed E-state index contributed by atoms with van der Waals surface area (Å²) < 4.78 is 26.0. The van der Waals surface area contributed by atoms with Gasteiger partial charge in [-0.2, -0.15) is 0 Å². The van der Waals surface area contributed by atoms with E-state index in [1.165, 1.54) is 12.3 Å². The second-order valence-electron chi connectivity index (χ2n) is 2.84. The zero-order valence-corrected chi connectivity index (χ0v) is 9.00. The van der Waals surface area contributed by atoms with Crippen molar-refractivity contribution in [3.63, 3.8) is 0 Å². The Bertz CT molecular complexity index is 503. The first-order valence-electron chi connectivity index (χ1n) is 4.11. The Morgan fingerprint density at radius 3 is 2.53 bits per heavy atom. The number of rotatable bonds is 1. The number of aromatic nitrogens is 2. The fourth-order valence-corrected chi connectivity index (χ4v) is 1.46. The van der Waals surface area contributed by atoms with E-state index in [0.717, 1.165) is 12.1 Å². The molecule has 2 aromatic rings. The van der Waals surface area contributed by atoms with Crippen LogP contribution in [-0.2, 0) is 0 Å². The maximum Gasteiger partial charge on any atom is 0.197 e. The highest BCUT2D eigenvalue weighted by molar-refractivity contribution is 9.10. The van der Waals surface area contributed by atoms with Gasteiger partial charge in [0.05, 0.1) is 5.69 Å². The molecule has 0 atom stereocenters. The molecular formula is C10H5BrF2N2. The van der Waals surface area contributed by atoms with Gasteiger partial charge in [-0.3, -0.25) is 0 Å². The van der Waals surface area contributed by atoms with Gasteiger partial charge in [-0.05, 0) is 40.2 Å². The molecule has 5 heteroatoms. The molecular weight excluding hydrogens is 266 g/mol. The zero-order valence-electron chi connectivity index (χ0n) is 7.42. The third-order valence-corrected chi connectivity index (χ3v) is 2.22. The summed E-state index contributed by atoms with van der Waals surface area (Å²) in [5, 5.41) is 0. The van der Waals surface area contributed by atoms with E-state index >= 15 is 0 Å². The summed E-state index contributed by atoms with van der Waals surface area (Å²) in [6, 6.07) is 5.26. The zero-order chi connectivity index (χ0) is 10.8. The Kier molecular flexibility index (Phi) is 2.73. The third kappa shape index (κ3) is 2.18. The number of benzene rings is 1. The highest BCUT2D eigenvalue weighted by Crippen LogP contribution is 2.20. The molecule has 0 aliphatic carbocycles. The van der Waals surface area contributed by atoms with Crippen molar-refractivity contribution in [1.29, 1.82) is 0 Å². The third-order valence-electron chi connectivity index (χ3n) is 1.84. The molecule has 0 N–H and O–H groups in total. The summed E-state index contributed by atoms with van der Waals surface area (Å²) in [4.78, 5) is 7.87. The smallest absolute Gasteiger partial charge is 0.197 e. The number of hydrogen-bond acceptors (Lipinski definition) is 2. The molecule has 0 spiro atoms. The van der Waals surface area contributed by atoms with Gasteiger partial charge in [-0.25, -0.2) is 18.7 Å². The van der Waals surface area contributed by atoms with Crippen LogP contribution in [0.2, 0.25) is 0 Å². The summed E-state index contributed by atoms with van der Waals surface area (Å²) >= 11 is 3.10. The molecule has 0 radical (unpaired) electrons. The molecule has 0 aliphatic heterocycles. The van der Waals surface area contributed by atoms with Crippen LogP contribution in [0.25, 0.3) is 11.3 Å². The van der Waals surface area contributed by atoms with Crippen LogP contribution >= 0.6 is 15.9 Å². The SMILES string of the molecule is Fc1ccc(-c2ccnc(Br)n2)cc1F. The van der Waals surface area contributed by atoms with E-state index in [9.17, 15) is 8.78 Å². The minimum absolute atomic E-state index is 0.407. The van der Waals surface area contributed by atoms with E-state index < -0.39 is 11.6 Å². The molecule has 0 aliphatic rings. The van der Waals surface area contributed by atoms with Gasteiger partial charge >= 0.3 is 0 Å². The van der Waals surface area contributed by atoms with Crippen LogP contribution in [0.4, 0.5) is 8.78 Å². The van der Waals surface area contributed by atoms with Gasteiger partial charge in [-0.1, -0.05) is 0 Å². The van der Waals surface area contributed by atoms with Crippen molar-refractivity contribution in [1.82, 2.24) is 9.97 Å². The van der Waals surface area contributed by atoms with E-state index in [2.05, 4.69) is 25.9 Å². The van der Waals surface area contributed by atoms with Gasteiger partial charge in [0.1, 0.15) is 0 Å². The molecule has 1 heterocycles. The van der Waals surface area contributed by atoms with E-state index in [1.807, 2.05) is 0 Å². The first-order chi connectivity index (χ1) is 7.16. The highest BCUT2D eigenvalue weighted by Gasteiger charge is 2.05. The van der Waals surface area contributed by atoms with Crippen molar-refractivity contribution in [2.45, 2.75) is 0 Å². The summed E-state index contributed by atoms with van der Waals surface area (Å²) in [5.74, 6) is -1.76. The van der Waals surface area contributed by atoms with Gasteiger partial charge in [-0.15, -0.1) is 0 Å². The summed E-state index contributed by atoms with van der Waals surface area (Å²) in [5.41, 5.74) is 1.05. The molecule has 0 saturated heterocycles. The van der Waals surface area contributed by atoms with Crippen molar-refractivity contribution >= 4 is 15.9 Å². The molecule has 1 aromatic carbocycles. The van der Waals surface area contributed by atoms with Crippen molar-refractivity contribution < 1.29 is 8.78 Å². The molecule has 1 aromatic heterocycles. The van der Waals surface area contributed by atoms with Crippen LogP contribution in [0.15, 0.2) is 35.2 Å². The maximum atomic E-state index is 12.9. The van der Waals surface area contributed by atoms with Gasteiger partial charge in [0.2, 0.25) is 0 Å². The topological polar surface area (TPSA) is 25.8 Å². The Balaban J connectivity index is 2.50. The average Bonchev–Trinajstić information content (AvgIpc) is 2.22. The largest absolute Gasteiger partial charge is 0.231 e. The van der Waals surface area contributed by atoms with Crippen molar-refractivity contribution in [3.05, 3.63) is 46.8 Å². The molecule has 0 amide bonds. The number of nitrogens with zero attached hydrogens (tertiary/aromatic N) is 2. The van der Waals surface area contributed by atoms with E-state index in [-0.39, 0.29) is 0 Å². The summed E-state index contributed by atoms with van der Waals surface area (Å²) in [6.45, 7) is 0. The lowest BCUT2D eigenvalue weighted by Crippen LogP contribution is -1.89. The molecule has 0 unspecified atom stereocenters. The Hall–Kier alpha value is -1.36. The van der Waals surface area contributed by atoms with Crippen molar-refractivity contribution in [3.8, 4) is 11.3 Å². The van der Waals surface area contributed by atoms with Crippen LogP contribution in [0.1, 0.15) is 0 Å². The Labute approximate surface area is 93.1 Å². The van der Waals surface area contributed by atoms with Gasteiger partial charge in [0.15, 0.2) is 16.4 Å². The van der Waals surface area contributed by atoms with Gasteiger partial charge in [0.25, 0.3) is 0 Å². The fourth-order valence-electron chi connectivity index (χ4n) is 1.15. The van der Waals surface area contributed by atoms with Gasteiger partial charge < -0.3 is 0 Å². The quantitative estimate of drug-likeness (QED) is 0.744. The summed E-state index contributed by atoms with van der Waals surface area (Å²) in [7, 11) is 0. The highest BCUT2D eigenvalue weighted by atomic mass is 79.9. The lowest BCUT2D eigenvalue weighted by molar-refractivity contribution is 0.509. The number of hydrogen-bond donors (Lipinski definition) is 0. The predicted octanol–water partition coefficient (Wildman–Crippen LogP) is 3.18. The van der Waals surface area contributed by atoms with Gasteiger partial charge in [0, 0.05) is 11.8 Å². The van der Waals surface area contributed by atoms with E-state index in [1.54, 1.807) is 6.07 Å². The van der Waals surface area contributed by atoms with Crippen LogP contribution in [0.5, 0.6) is 0 Å². The number of halogens is 3. The molecule has 0 fully saturated rings. The lowest BCUT2D eigenvalue weighted by Gasteiger charge is -2.01. The van der Waals surface area contributed by atoms with Crippen LogP contribution in [0, 0.1) is 11.6 Å². The normalized spacial score (nSPS) is 10.3. The molecule has 0 bridgehead atoms. The van der Waals surface area contributed by atoms with E-state index in [0.29, 0.717) is 16.0 Å². The molecule has 2 nitrogen and oxygen atoms in total. The Morgan fingerprint density at radius 2 is 1.87 bits per heavy atom. The summed E-state index contributed by atoms with van der Waals surface area (Å²) in [6.07, 6.45) is 1.54. The predicted molar refractivity (Wildman–Crippen MR) is 55.1 cm³/mol. The molecule has 0 saturated carbocycles. The minimum atomic E-state index is -0.887. The second-order valence-corrected chi connectivity index (χ2v) is 3.55. The molecule has 76 valence electrons. The van der Waals surface area contributed by atoms with Crippen molar-refractivity contribution in [2.24, 2.45) is 0 Å². The molecule has 15 heavy (non-hydrogen) atoms. The fraction of sp³-hybridized carbons (Fsp3) is 0. The second kappa shape index (κ2) is 4.02. The van der Waals surface area contributed by atoms with Crippen molar-refractivity contribution in [2.75, 3.05) is 0 Å². The minimum Gasteiger partial charge on any atom is -0.231 e. The first-order valence-corrected chi connectivity index (χ1v) is 4.90. The monoisotopic (exact) mass is 270 g/mol.